The monoisotopic (exact) mass is 295 g/mol. The first-order valence-electron chi connectivity index (χ1n) is 5.48. The van der Waals surface area contributed by atoms with Crippen molar-refractivity contribution in [2.45, 2.75) is 26.0 Å². The van der Waals surface area contributed by atoms with Crippen molar-refractivity contribution in [3.63, 3.8) is 0 Å². The smallest absolute Gasteiger partial charge is 0.0996 e. The quantitative estimate of drug-likeness (QED) is 0.942. The van der Waals surface area contributed by atoms with Crippen LogP contribution in [0.15, 0.2) is 35.5 Å². The lowest BCUT2D eigenvalue weighted by Gasteiger charge is -2.12. The summed E-state index contributed by atoms with van der Waals surface area (Å²) in [6.45, 7) is 2.84. The molecule has 1 atom stereocenters. The molecule has 2 aromatic rings. The Morgan fingerprint density at radius 1 is 1.35 bits per heavy atom. The van der Waals surface area contributed by atoms with E-state index in [9.17, 15) is 5.11 Å². The van der Waals surface area contributed by atoms with Crippen LogP contribution in [0.3, 0.4) is 0 Å². The lowest BCUT2D eigenvalue weighted by Crippen LogP contribution is -2.08. The number of rotatable bonds is 4. The molecule has 0 bridgehead atoms. The Kier molecular flexibility index (Phi) is 3.91. The highest BCUT2D eigenvalue weighted by Gasteiger charge is 2.13. The first-order chi connectivity index (χ1) is 8.20. The zero-order chi connectivity index (χ0) is 12.3. The Labute approximate surface area is 108 Å². The van der Waals surface area contributed by atoms with Crippen LogP contribution in [-0.4, -0.2) is 19.6 Å². The Bertz CT molecular complexity index is 498. The van der Waals surface area contributed by atoms with Crippen LogP contribution in [0.25, 0.3) is 0 Å². The van der Waals surface area contributed by atoms with E-state index in [1.807, 2.05) is 17.6 Å². The molecule has 0 aliphatic carbocycles. The number of nitrogens with zero attached hydrogens (tertiary/aromatic N) is 3. The summed E-state index contributed by atoms with van der Waals surface area (Å²) < 4.78 is 2.86. The number of aliphatic hydroxyl groups is 1. The maximum absolute atomic E-state index is 10.2. The van der Waals surface area contributed by atoms with Crippen molar-refractivity contribution >= 4 is 15.9 Å². The molecule has 0 saturated heterocycles. The molecule has 90 valence electrons. The van der Waals surface area contributed by atoms with Gasteiger partial charge in [-0.2, -0.15) is 0 Å². The van der Waals surface area contributed by atoms with Gasteiger partial charge in [0.25, 0.3) is 0 Å². The van der Waals surface area contributed by atoms with Crippen LogP contribution in [0, 0.1) is 0 Å². The molecule has 0 aliphatic rings. The molecule has 0 aliphatic heterocycles. The number of aliphatic hydroxyl groups excluding tert-OH is 1. The van der Waals surface area contributed by atoms with Gasteiger partial charge in [-0.1, -0.05) is 0 Å². The molecule has 0 amide bonds. The van der Waals surface area contributed by atoms with E-state index in [2.05, 4.69) is 25.9 Å². The minimum absolute atomic E-state index is 0.540. The molecule has 0 saturated carbocycles. The highest BCUT2D eigenvalue weighted by atomic mass is 79.9. The number of halogens is 1. The maximum atomic E-state index is 10.2. The number of aromatic nitrogens is 3. The number of hydrogen-bond donors (Lipinski definition) is 1. The largest absolute Gasteiger partial charge is 0.386 e. The van der Waals surface area contributed by atoms with Gasteiger partial charge in [0.1, 0.15) is 0 Å². The van der Waals surface area contributed by atoms with Crippen molar-refractivity contribution in [3.05, 3.63) is 46.7 Å². The van der Waals surface area contributed by atoms with Crippen molar-refractivity contribution < 1.29 is 5.11 Å². The minimum atomic E-state index is -0.548. The van der Waals surface area contributed by atoms with Gasteiger partial charge >= 0.3 is 0 Å². The molecule has 2 rings (SSSR count). The molecule has 0 aromatic carbocycles. The van der Waals surface area contributed by atoms with Gasteiger partial charge in [0, 0.05) is 29.8 Å². The van der Waals surface area contributed by atoms with Crippen LogP contribution in [0.1, 0.15) is 24.3 Å². The Morgan fingerprint density at radius 3 is 2.88 bits per heavy atom. The van der Waals surface area contributed by atoms with Gasteiger partial charge in [-0.15, -0.1) is 0 Å². The van der Waals surface area contributed by atoms with Crippen LogP contribution in [-0.2, 0) is 13.0 Å². The van der Waals surface area contributed by atoms with E-state index in [4.69, 9.17) is 0 Å². The zero-order valence-electron chi connectivity index (χ0n) is 9.55. The lowest BCUT2D eigenvalue weighted by molar-refractivity contribution is 0.169. The average Bonchev–Trinajstić information content (AvgIpc) is 2.77. The van der Waals surface area contributed by atoms with Crippen molar-refractivity contribution in [3.8, 4) is 0 Å². The Hall–Kier alpha value is -1.20. The summed E-state index contributed by atoms with van der Waals surface area (Å²) in [7, 11) is 0. The summed E-state index contributed by atoms with van der Waals surface area (Å²) in [5, 5.41) is 10.2. The molecule has 0 spiro atoms. The zero-order valence-corrected chi connectivity index (χ0v) is 11.1. The summed E-state index contributed by atoms with van der Waals surface area (Å²) in [6, 6.07) is 1.96. The molecule has 2 heterocycles. The van der Waals surface area contributed by atoms with Crippen molar-refractivity contribution in [2.24, 2.45) is 0 Å². The topological polar surface area (TPSA) is 50.9 Å². The highest BCUT2D eigenvalue weighted by molar-refractivity contribution is 9.10. The maximum Gasteiger partial charge on any atom is 0.0996 e. The second-order valence-corrected chi connectivity index (χ2v) is 4.75. The summed E-state index contributed by atoms with van der Waals surface area (Å²) in [4.78, 5) is 8.13. The Balaban J connectivity index is 2.14. The standard InChI is InChI=1S/C12H14BrN3O/c1-2-16-8-15-7-11(16)12(17)4-9-3-10(13)6-14-5-9/h3,5-8,12,17H,2,4H2,1H3. The van der Waals surface area contributed by atoms with E-state index in [0.29, 0.717) is 6.42 Å². The molecule has 0 radical (unpaired) electrons. The van der Waals surface area contributed by atoms with E-state index in [0.717, 1.165) is 22.3 Å². The van der Waals surface area contributed by atoms with Crippen LogP contribution in [0.5, 0.6) is 0 Å². The number of imidazole rings is 1. The normalized spacial score (nSPS) is 12.6. The van der Waals surface area contributed by atoms with Gasteiger partial charge in [0.15, 0.2) is 0 Å². The number of pyridine rings is 1. The van der Waals surface area contributed by atoms with Gasteiger partial charge in [0.2, 0.25) is 0 Å². The van der Waals surface area contributed by atoms with Gasteiger partial charge in [-0.3, -0.25) is 4.98 Å². The van der Waals surface area contributed by atoms with E-state index >= 15 is 0 Å². The first kappa shape index (κ1) is 12.3. The van der Waals surface area contributed by atoms with Crippen LogP contribution >= 0.6 is 15.9 Å². The summed E-state index contributed by atoms with van der Waals surface area (Å²) in [6.07, 6.45) is 6.93. The fourth-order valence-electron chi connectivity index (χ4n) is 1.77. The molecular weight excluding hydrogens is 282 g/mol. The lowest BCUT2D eigenvalue weighted by atomic mass is 10.1. The summed E-state index contributed by atoms with van der Waals surface area (Å²) in [5.74, 6) is 0. The third-order valence-electron chi connectivity index (χ3n) is 2.62. The van der Waals surface area contributed by atoms with Gasteiger partial charge < -0.3 is 9.67 Å². The van der Waals surface area contributed by atoms with Crippen molar-refractivity contribution in [1.29, 1.82) is 0 Å². The number of aryl methyl sites for hydroxylation is 1. The average molecular weight is 296 g/mol. The van der Waals surface area contributed by atoms with E-state index < -0.39 is 6.10 Å². The van der Waals surface area contributed by atoms with Crippen LogP contribution in [0.2, 0.25) is 0 Å². The molecule has 4 nitrogen and oxygen atoms in total. The molecule has 17 heavy (non-hydrogen) atoms. The third-order valence-corrected chi connectivity index (χ3v) is 3.05. The summed E-state index contributed by atoms with van der Waals surface area (Å²) >= 11 is 3.37. The minimum Gasteiger partial charge on any atom is -0.386 e. The highest BCUT2D eigenvalue weighted by Crippen LogP contribution is 2.19. The predicted molar refractivity (Wildman–Crippen MR) is 68.5 cm³/mol. The first-order valence-corrected chi connectivity index (χ1v) is 6.27. The molecule has 5 heteroatoms. The predicted octanol–water partition coefficient (Wildman–Crippen LogP) is 2.34. The SMILES string of the molecule is CCn1cncc1C(O)Cc1cncc(Br)c1. The van der Waals surface area contributed by atoms with Gasteiger partial charge in [-0.25, -0.2) is 4.98 Å². The molecular formula is C12H14BrN3O. The van der Waals surface area contributed by atoms with E-state index in [1.54, 1.807) is 24.9 Å². The van der Waals surface area contributed by atoms with Crippen LogP contribution in [0.4, 0.5) is 0 Å². The molecule has 1 unspecified atom stereocenters. The fourth-order valence-corrected chi connectivity index (χ4v) is 2.18. The molecule has 0 fully saturated rings. The Morgan fingerprint density at radius 2 is 2.18 bits per heavy atom. The summed E-state index contributed by atoms with van der Waals surface area (Å²) in [5.41, 5.74) is 1.84. The van der Waals surface area contributed by atoms with Gasteiger partial charge in [0.05, 0.1) is 24.3 Å². The van der Waals surface area contributed by atoms with Crippen LogP contribution < -0.4 is 0 Å². The molecule has 1 N–H and O–H groups in total. The van der Waals surface area contributed by atoms with E-state index in [1.165, 1.54) is 0 Å². The fraction of sp³-hybridized carbons (Fsp3) is 0.333. The second-order valence-electron chi connectivity index (χ2n) is 3.84. The molecule has 2 aromatic heterocycles. The third kappa shape index (κ3) is 2.92. The van der Waals surface area contributed by atoms with Crippen molar-refractivity contribution in [1.82, 2.24) is 14.5 Å². The number of hydrogen-bond acceptors (Lipinski definition) is 3. The van der Waals surface area contributed by atoms with Crippen molar-refractivity contribution in [2.75, 3.05) is 0 Å². The van der Waals surface area contributed by atoms with Gasteiger partial charge in [-0.05, 0) is 34.5 Å². The second kappa shape index (κ2) is 5.42. The van der Waals surface area contributed by atoms with E-state index in [-0.39, 0.29) is 0 Å².